The molecular formula is C15H23NO. The van der Waals surface area contributed by atoms with E-state index in [1.807, 2.05) is 6.07 Å². The first kappa shape index (κ1) is 12.4. The maximum Gasteiger partial charge on any atom is 0.122 e. The molecule has 2 rings (SSSR count). The van der Waals surface area contributed by atoms with Gasteiger partial charge >= 0.3 is 0 Å². The summed E-state index contributed by atoms with van der Waals surface area (Å²) >= 11 is 0. The molecule has 2 unspecified atom stereocenters. The maximum atomic E-state index is 6.06. The third kappa shape index (κ3) is 3.01. The molecule has 2 N–H and O–H groups in total. The van der Waals surface area contributed by atoms with Crippen molar-refractivity contribution in [3.63, 3.8) is 0 Å². The highest BCUT2D eigenvalue weighted by molar-refractivity contribution is 5.39. The highest BCUT2D eigenvalue weighted by Gasteiger charge is 2.23. The van der Waals surface area contributed by atoms with Gasteiger partial charge in [0.15, 0.2) is 0 Å². The van der Waals surface area contributed by atoms with Gasteiger partial charge < -0.3 is 10.5 Å². The van der Waals surface area contributed by atoms with Crippen molar-refractivity contribution in [1.29, 1.82) is 0 Å². The summed E-state index contributed by atoms with van der Waals surface area (Å²) in [5.74, 6) is 2.23. The number of benzene rings is 1. The Morgan fingerprint density at radius 1 is 1.35 bits per heavy atom. The highest BCUT2D eigenvalue weighted by Crippen LogP contribution is 2.36. The summed E-state index contributed by atoms with van der Waals surface area (Å²) in [4.78, 5) is 0. The lowest BCUT2D eigenvalue weighted by atomic mass is 9.92. The van der Waals surface area contributed by atoms with Gasteiger partial charge in [0, 0.05) is 17.5 Å². The van der Waals surface area contributed by atoms with E-state index >= 15 is 0 Å². The van der Waals surface area contributed by atoms with Crippen LogP contribution < -0.4 is 10.5 Å². The Kier molecular flexibility index (Phi) is 4.06. The van der Waals surface area contributed by atoms with Gasteiger partial charge in [-0.05, 0) is 24.8 Å². The van der Waals surface area contributed by atoms with E-state index in [4.69, 9.17) is 10.5 Å². The van der Waals surface area contributed by atoms with Crippen molar-refractivity contribution in [1.82, 2.24) is 0 Å². The SMILES string of the molecule is CC(C)C(N)CCCC1COc2ccccc21. The van der Waals surface area contributed by atoms with Crippen molar-refractivity contribution >= 4 is 0 Å². The van der Waals surface area contributed by atoms with Crippen LogP contribution >= 0.6 is 0 Å². The van der Waals surface area contributed by atoms with Gasteiger partial charge in [-0.25, -0.2) is 0 Å². The minimum Gasteiger partial charge on any atom is -0.493 e. The van der Waals surface area contributed by atoms with Crippen LogP contribution in [-0.2, 0) is 0 Å². The Morgan fingerprint density at radius 2 is 2.12 bits per heavy atom. The van der Waals surface area contributed by atoms with E-state index in [1.54, 1.807) is 0 Å². The summed E-state index contributed by atoms with van der Waals surface area (Å²) < 4.78 is 5.68. The summed E-state index contributed by atoms with van der Waals surface area (Å²) in [6, 6.07) is 8.73. The molecule has 0 amide bonds. The van der Waals surface area contributed by atoms with Crippen LogP contribution in [0.15, 0.2) is 24.3 Å². The van der Waals surface area contributed by atoms with Gasteiger partial charge in [0.1, 0.15) is 5.75 Å². The lowest BCUT2D eigenvalue weighted by Gasteiger charge is -2.16. The number of para-hydroxylation sites is 1. The Hall–Kier alpha value is -1.02. The number of nitrogens with two attached hydrogens (primary N) is 1. The van der Waals surface area contributed by atoms with E-state index in [1.165, 1.54) is 18.4 Å². The van der Waals surface area contributed by atoms with Crippen molar-refractivity contribution in [2.45, 2.75) is 45.1 Å². The van der Waals surface area contributed by atoms with E-state index in [2.05, 4.69) is 32.0 Å². The van der Waals surface area contributed by atoms with Crippen molar-refractivity contribution < 1.29 is 4.74 Å². The molecule has 0 saturated carbocycles. The predicted octanol–water partition coefficient (Wildman–Crippen LogP) is 3.32. The van der Waals surface area contributed by atoms with Gasteiger partial charge in [0.2, 0.25) is 0 Å². The molecule has 0 aliphatic carbocycles. The second kappa shape index (κ2) is 5.54. The Morgan fingerprint density at radius 3 is 2.88 bits per heavy atom. The van der Waals surface area contributed by atoms with E-state index in [9.17, 15) is 0 Å². The average Bonchev–Trinajstić information content (AvgIpc) is 2.72. The van der Waals surface area contributed by atoms with Crippen LogP contribution in [0.5, 0.6) is 5.75 Å². The normalized spacial score (nSPS) is 20.1. The minimum absolute atomic E-state index is 0.340. The van der Waals surface area contributed by atoms with Crippen molar-refractivity contribution in [2.24, 2.45) is 11.7 Å². The van der Waals surface area contributed by atoms with E-state index in [-0.39, 0.29) is 0 Å². The quantitative estimate of drug-likeness (QED) is 0.846. The highest BCUT2D eigenvalue weighted by atomic mass is 16.5. The van der Waals surface area contributed by atoms with Gasteiger partial charge in [-0.3, -0.25) is 0 Å². The number of ether oxygens (including phenoxy) is 1. The molecule has 1 heterocycles. The predicted molar refractivity (Wildman–Crippen MR) is 71.3 cm³/mol. The fourth-order valence-electron chi connectivity index (χ4n) is 2.40. The lowest BCUT2D eigenvalue weighted by molar-refractivity contribution is 0.319. The van der Waals surface area contributed by atoms with Gasteiger partial charge in [-0.15, -0.1) is 0 Å². The molecule has 1 aromatic carbocycles. The third-order valence-electron chi connectivity index (χ3n) is 3.75. The molecule has 0 radical (unpaired) electrons. The van der Waals surface area contributed by atoms with Crippen LogP contribution in [-0.4, -0.2) is 12.6 Å². The van der Waals surface area contributed by atoms with E-state index in [0.717, 1.165) is 18.8 Å². The van der Waals surface area contributed by atoms with Gasteiger partial charge in [-0.2, -0.15) is 0 Å². The monoisotopic (exact) mass is 233 g/mol. The largest absolute Gasteiger partial charge is 0.493 e. The Bertz CT molecular complexity index is 362. The number of fused-ring (bicyclic) bond motifs is 1. The Balaban J connectivity index is 1.82. The minimum atomic E-state index is 0.340. The topological polar surface area (TPSA) is 35.2 Å². The summed E-state index contributed by atoms with van der Waals surface area (Å²) in [7, 11) is 0. The average molecular weight is 233 g/mol. The molecule has 0 spiro atoms. The first-order valence-electron chi connectivity index (χ1n) is 6.65. The second-order valence-corrected chi connectivity index (χ2v) is 5.38. The van der Waals surface area contributed by atoms with Gasteiger partial charge in [0.25, 0.3) is 0 Å². The summed E-state index contributed by atoms with van der Waals surface area (Å²) in [5.41, 5.74) is 7.44. The zero-order valence-corrected chi connectivity index (χ0v) is 10.9. The first-order valence-corrected chi connectivity index (χ1v) is 6.65. The van der Waals surface area contributed by atoms with Crippen molar-refractivity contribution in [3.05, 3.63) is 29.8 Å². The molecule has 17 heavy (non-hydrogen) atoms. The summed E-state index contributed by atoms with van der Waals surface area (Å²) in [6.45, 7) is 5.23. The molecular weight excluding hydrogens is 210 g/mol. The van der Waals surface area contributed by atoms with E-state index < -0.39 is 0 Å². The Labute approximate surface area is 104 Å². The van der Waals surface area contributed by atoms with E-state index in [0.29, 0.717) is 17.9 Å². The number of hydrogen-bond acceptors (Lipinski definition) is 2. The first-order chi connectivity index (χ1) is 8.18. The summed E-state index contributed by atoms with van der Waals surface area (Å²) in [6.07, 6.45) is 3.51. The summed E-state index contributed by atoms with van der Waals surface area (Å²) in [5, 5.41) is 0. The molecule has 0 saturated heterocycles. The molecule has 0 fully saturated rings. The molecule has 2 heteroatoms. The smallest absolute Gasteiger partial charge is 0.122 e. The molecule has 1 aliphatic rings. The molecule has 2 atom stereocenters. The fraction of sp³-hybridized carbons (Fsp3) is 0.600. The van der Waals surface area contributed by atoms with Gasteiger partial charge in [-0.1, -0.05) is 38.5 Å². The standard InChI is InChI=1S/C15H23NO/c1-11(2)14(16)8-5-6-12-10-17-15-9-4-3-7-13(12)15/h3-4,7,9,11-12,14H,5-6,8,10,16H2,1-2H3. The van der Waals surface area contributed by atoms with Crippen LogP contribution in [0.3, 0.4) is 0 Å². The van der Waals surface area contributed by atoms with Crippen LogP contribution in [0.25, 0.3) is 0 Å². The van der Waals surface area contributed by atoms with Gasteiger partial charge in [0.05, 0.1) is 6.61 Å². The molecule has 0 aromatic heterocycles. The zero-order valence-electron chi connectivity index (χ0n) is 10.9. The number of hydrogen-bond donors (Lipinski definition) is 1. The van der Waals surface area contributed by atoms with Crippen LogP contribution in [0.1, 0.15) is 44.6 Å². The van der Waals surface area contributed by atoms with Crippen LogP contribution in [0.2, 0.25) is 0 Å². The molecule has 0 bridgehead atoms. The van der Waals surface area contributed by atoms with Crippen molar-refractivity contribution in [3.8, 4) is 5.75 Å². The maximum absolute atomic E-state index is 6.06. The lowest BCUT2D eigenvalue weighted by Crippen LogP contribution is -2.26. The molecule has 1 aliphatic heterocycles. The molecule has 1 aromatic rings. The molecule has 94 valence electrons. The zero-order chi connectivity index (χ0) is 12.3. The van der Waals surface area contributed by atoms with Crippen molar-refractivity contribution in [2.75, 3.05) is 6.61 Å². The van der Waals surface area contributed by atoms with Crippen LogP contribution in [0.4, 0.5) is 0 Å². The number of rotatable bonds is 5. The third-order valence-corrected chi connectivity index (χ3v) is 3.75. The molecule has 2 nitrogen and oxygen atoms in total. The van der Waals surface area contributed by atoms with Crippen LogP contribution in [0, 0.1) is 5.92 Å². The second-order valence-electron chi connectivity index (χ2n) is 5.38. The fourth-order valence-corrected chi connectivity index (χ4v) is 2.40.